The Bertz CT molecular complexity index is 111. The second-order valence-electron chi connectivity index (χ2n) is 3.56. The monoisotopic (exact) mass is 192 g/mol. The predicted octanol–water partition coefficient (Wildman–Crippen LogP) is 1.12. The van der Waals surface area contributed by atoms with Gasteiger partial charge in [0.1, 0.15) is 0 Å². The van der Waals surface area contributed by atoms with Crippen molar-refractivity contribution in [1.29, 1.82) is 0 Å². The van der Waals surface area contributed by atoms with Crippen molar-refractivity contribution in [3.63, 3.8) is 0 Å². The summed E-state index contributed by atoms with van der Waals surface area (Å²) in [6.45, 7) is 4.21. The lowest BCUT2D eigenvalue weighted by atomic mass is 10.0. The highest BCUT2D eigenvalue weighted by Crippen LogP contribution is 2.16. The number of unbranched alkanes of at least 4 members (excludes halogenated alkanes) is 1. The van der Waals surface area contributed by atoms with E-state index in [1.165, 1.54) is 12.8 Å². The van der Waals surface area contributed by atoms with Gasteiger partial charge in [-0.3, -0.25) is 0 Å². The zero-order chi connectivity index (χ0) is 9.61. The van der Waals surface area contributed by atoms with Crippen LogP contribution in [0, 0.1) is 5.92 Å². The largest absolute Gasteiger partial charge is 0.492 e. The zero-order valence-electron chi connectivity index (χ0n) is 7.95. The van der Waals surface area contributed by atoms with E-state index >= 15 is 0 Å². The molecular weight excluding hydrogens is 172 g/mol. The van der Waals surface area contributed by atoms with E-state index < -0.39 is 8.80 Å². The van der Waals surface area contributed by atoms with Crippen LogP contribution < -0.4 is 0 Å². The Labute approximate surface area is 75.4 Å². The molecule has 12 heavy (non-hydrogen) atoms. The van der Waals surface area contributed by atoms with Crippen LogP contribution in [0.1, 0.15) is 39.5 Å². The summed E-state index contributed by atoms with van der Waals surface area (Å²) < 4.78 is 0. The van der Waals surface area contributed by atoms with E-state index in [4.69, 9.17) is 14.4 Å². The Morgan fingerprint density at radius 2 is 1.75 bits per heavy atom. The van der Waals surface area contributed by atoms with Gasteiger partial charge in [-0.2, -0.15) is 0 Å². The maximum absolute atomic E-state index is 8.74. The van der Waals surface area contributed by atoms with Crippen LogP contribution in [0.4, 0.5) is 0 Å². The number of hydrogen-bond acceptors (Lipinski definition) is 3. The van der Waals surface area contributed by atoms with Crippen molar-refractivity contribution in [1.82, 2.24) is 0 Å². The molecule has 0 rings (SSSR count). The van der Waals surface area contributed by atoms with E-state index in [1.54, 1.807) is 0 Å². The van der Waals surface area contributed by atoms with Crippen LogP contribution in [0.15, 0.2) is 0 Å². The molecule has 74 valence electrons. The van der Waals surface area contributed by atoms with E-state index in [9.17, 15) is 0 Å². The Morgan fingerprint density at radius 3 is 2.17 bits per heavy atom. The summed E-state index contributed by atoms with van der Waals surface area (Å²) in [4.78, 5) is 26.2. The molecule has 0 spiro atoms. The topological polar surface area (TPSA) is 60.7 Å². The van der Waals surface area contributed by atoms with Gasteiger partial charge >= 0.3 is 8.80 Å². The molecule has 0 fully saturated rings. The molecule has 0 amide bonds. The summed E-state index contributed by atoms with van der Waals surface area (Å²) in [6.07, 6.45) is 4.18. The molecule has 0 aromatic heterocycles. The fraction of sp³-hybridized carbons (Fsp3) is 1.00. The lowest BCUT2D eigenvalue weighted by Crippen LogP contribution is -2.34. The van der Waals surface area contributed by atoms with Crippen LogP contribution in [0.2, 0.25) is 6.04 Å². The van der Waals surface area contributed by atoms with E-state index in [0.29, 0.717) is 5.92 Å². The summed E-state index contributed by atoms with van der Waals surface area (Å²) in [7, 11) is -3.76. The van der Waals surface area contributed by atoms with Crippen molar-refractivity contribution in [2.24, 2.45) is 5.92 Å². The van der Waals surface area contributed by atoms with E-state index in [1.807, 2.05) is 0 Å². The Balaban J connectivity index is 3.37. The summed E-state index contributed by atoms with van der Waals surface area (Å²) in [6, 6.07) is 0.178. The van der Waals surface area contributed by atoms with Crippen LogP contribution in [0.5, 0.6) is 0 Å². The van der Waals surface area contributed by atoms with Crippen molar-refractivity contribution in [2.45, 2.75) is 45.6 Å². The highest BCUT2D eigenvalue weighted by Gasteiger charge is 2.26. The van der Waals surface area contributed by atoms with Gasteiger partial charge in [-0.1, -0.05) is 33.1 Å². The average Bonchev–Trinajstić information content (AvgIpc) is 1.95. The van der Waals surface area contributed by atoms with Crippen LogP contribution >= 0.6 is 0 Å². The van der Waals surface area contributed by atoms with Crippen LogP contribution in [-0.2, 0) is 0 Å². The van der Waals surface area contributed by atoms with Gasteiger partial charge in [0.2, 0.25) is 0 Å². The average molecular weight is 192 g/mol. The number of rotatable bonds is 6. The molecule has 0 heterocycles. The third-order valence-electron chi connectivity index (χ3n) is 2.02. The first kappa shape index (κ1) is 12.1. The molecule has 1 unspecified atom stereocenters. The summed E-state index contributed by atoms with van der Waals surface area (Å²) >= 11 is 0. The smallest absolute Gasteiger partial charge is 0.390 e. The normalized spacial score (nSPS) is 14.8. The molecule has 0 aromatic rings. The van der Waals surface area contributed by atoms with Gasteiger partial charge in [-0.25, -0.2) is 0 Å². The first-order chi connectivity index (χ1) is 5.45. The first-order valence-electron chi connectivity index (χ1n) is 4.63. The molecular formula is C8H20O3Si. The number of hydrogen-bond donors (Lipinski definition) is 3. The minimum Gasteiger partial charge on any atom is -0.390 e. The molecule has 0 radical (unpaired) electrons. The Morgan fingerprint density at radius 1 is 1.17 bits per heavy atom. The maximum atomic E-state index is 8.74. The van der Waals surface area contributed by atoms with E-state index in [0.717, 1.165) is 12.8 Å². The second kappa shape index (κ2) is 5.69. The Kier molecular flexibility index (Phi) is 5.74. The molecule has 3 nitrogen and oxygen atoms in total. The van der Waals surface area contributed by atoms with Gasteiger partial charge in [-0.15, -0.1) is 0 Å². The third kappa shape index (κ3) is 8.20. The lowest BCUT2D eigenvalue weighted by Gasteiger charge is -2.13. The molecule has 1 atom stereocenters. The van der Waals surface area contributed by atoms with Crippen molar-refractivity contribution < 1.29 is 14.4 Å². The molecule has 4 heteroatoms. The molecule has 0 aliphatic carbocycles. The van der Waals surface area contributed by atoms with Gasteiger partial charge in [-0.05, 0) is 12.3 Å². The molecule has 0 saturated heterocycles. The van der Waals surface area contributed by atoms with Gasteiger partial charge in [0, 0.05) is 6.04 Å². The lowest BCUT2D eigenvalue weighted by molar-refractivity contribution is 0.222. The predicted molar refractivity (Wildman–Crippen MR) is 50.5 cm³/mol. The highest BCUT2D eigenvalue weighted by molar-refractivity contribution is 6.56. The van der Waals surface area contributed by atoms with Crippen molar-refractivity contribution in [2.75, 3.05) is 0 Å². The molecule has 0 aromatic carbocycles. The van der Waals surface area contributed by atoms with Crippen molar-refractivity contribution >= 4 is 8.80 Å². The van der Waals surface area contributed by atoms with Gasteiger partial charge < -0.3 is 14.4 Å². The van der Waals surface area contributed by atoms with Gasteiger partial charge in [0.05, 0.1) is 0 Å². The SMILES string of the molecule is CCCCC(C)CC[Si](O)(O)O. The maximum Gasteiger partial charge on any atom is 0.492 e. The van der Waals surface area contributed by atoms with Gasteiger partial charge in [0.15, 0.2) is 0 Å². The van der Waals surface area contributed by atoms with Crippen LogP contribution in [0.3, 0.4) is 0 Å². The molecule has 0 aliphatic heterocycles. The van der Waals surface area contributed by atoms with E-state index in [-0.39, 0.29) is 6.04 Å². The third-order valence-corrected chi connectivity index (χ3v) is 2.98. The van der Waals surface area contributed by atoms with Gasteiger partial charge in [0.25, 0.3) is 0 Å². The van der Waals surface area contributed by atoms with E-state index in [2.05, 4.69) is 13.8 Å². The first-order valence-corrected chi connectivity index (χ1v) is 6.67. The minimum atomic E-state index is -3.76. The molecule has 0 bridgehead atoms. The fourth-order valence-corrected chi connectivity index (χ4v) is 2.02. The summed E-state index contributed by atoms with van der Waals surface area (Å²) in [5, 5.41) is 0. The quantitative estimate of drug-likeness (QED) is 0.553. The highest BCUT2D eigenvalue weighted by atomic mass is 28.4. The fourth-order valence-electron chi connectivity index (χ4n) is 1.14. The van der Waals surface area contributed by atoms with Crippen LogP contribution in [0.25, 0.3) is 0 Å². The minimum absolute atomic E-state index is 0.178. The molecule has 0 saturated carbocycles. The standard InChI is InChI=1S/C8H20O3Si/c1-3-4-5-8(2)6-7-12(9,10)11/h8-11H,3-7H2,1-2H3. The summed E-state index contributed by atoms with van der Waals surface area (Å²) in [5.41, 5.74) is 0. The second-order valence-corrected chi connectivity index (χ2v) is 5.61. The summed E-state index contributed by atoms with van der Waals surface area (Å²) in [5.74, 6) is 0.489. The molecule has 3 N–H and O–H groups in total. The van der Waals surface area contributed by atoms with Crippen molar-refractivity contribution in [3.05, 3.63) is 0 Å². The van der Waals surface area contributed by atoms with Crippen LogP contribution in [-0.4, -0.2) is 23.2 Å². The zero-order valence-corrected chi connectivity index (χ0v) is 8.95. The Hall–Kier alpha value is 0.0969. The molecule has 0 aliphatic rings. The van der Waals surface area contributed by atoms with Crippen molar-refractivity contribution in [3.8, 4) is 0 Å².